The molecule has 0 unspecified atom stereocenters. The first kappa shape index (κ1) is 16.2. The molecule has 3 heteroatoms. The molecule has 0 bridgehead atoms. The average molecular weight is 295 g/mol. The Morgan fingerprint density at radius 1 is 1.09 bits per heavy atom. The van der Waals surface area contributed by atoms with Gasteiger partial charge in [0.1, 0.15) is 5.84 Å². The van der Waals surface area contributed by atoms with Crippen LogP contribution in [-0.2, 0) is 6.54 Å². The summed E-state index contributed by atoms with van der Waals surface area (Å²) >= 11 is 0. The van der Waals surface area contributed by atoms with Crippen molar-refractivity contribution in [3.8, 4) is 11.1 Å². The Bertz CT molecular complexity index is 617. The van der Waals surface area contributed by atoms with E-state index in [1.807, 2.05) is 24.3 Å². The van der Waals surface area contributed by atoms with Gasteiger partial charge in [0.25, 0.3) is 0 Å². The fourth-order valence-electron chi connectivity index (χ4n) is 2.58. The van der Waals surface area contributed by atoms with Gasteiger partial charge in [-0.15, -0.1) is 0 Å². The highest BCUT2D eigenvalue weighted by Crippen LogP contribution is 2.24. The molecule has 0 aliphatic rings. The average Bonchev–Trinajstić information content (AvgIpc) is 2.53. The number of nitrogen functional groups attached to an aromatic ring is 1. The Morgan fingerprint density at radius 3 is 2.41 bits per heavy atom. The van der Waals surface area contributed by atoms with Crippen LogP contribution >= 0.6 is 0 Å². The van der Waals surface area contributed by atoms with Gasteiger partial charge in [0.2, 0.25) is 0 Å². The van der Waals surface area contributed by atoms with Crippen LogP contribution in [0.2, 0.25) is 0 Å². The van der Waals surface area contributed by atoms with Crippen molar-refractivity contribution in [3.63, 3.8) is 0 Å². The van der Waals surface area contributed by atoms with Crippen molar-refractivity contribution < 1.29 is 0 Å². The fourth-order valence-corrected chi connectivity index (χ4v) is 2.58. The van der Waals surface area contributed by atoms with Crippen LogP contribution < -0.4 is 5.73 Å². The zero-order chi connectivity index (χ0) is 15.9. The SMILES string of the molecule is CCCCN(C)Cc1ccc(-c2ccccc2C(=N)N)cc1. The molecule has 0 atom stereocenters. The Balaban J connectivity index is 2.14. The van der Waals surface area contributed by atoms with E-state index in [0.29, 0.717) is 0 Å². The molecule has 2 rings (SSSR count). The predicted octanol–water partition coefficient (Wildman–Crippen LogP) is 3.87. The molecule has 22 heavy (non-hydrogen) atoms. The van der Waals surface area contributed by atoms with Gasteiger partial charge in [-0.05, 0) is 36.7 Å². The van der Waals surface area contributed by atoms with Gasteiger partial charge in [-0.3, -0.25) is 5.41 Å². The molecule has 2 aromatic rings. The number of hydrogen-bond acceptors (Lipinski definition) is 2. The highest BCUT2D eigenvalue weighted by Gasteiger charge is 2.07. The molecule has 0 fully saturated rings. The van der Waals surface area contributed by atoms with Crippen LogP contribution in [0.5, 0.6) is 0 Å². The van der Waals surface area contributed by atoms with E-state index < -0.39 is 0 Å². The van der Waals surface area contributed by atoms with Crippen LogP contribution in [0, 0.1) is 5.41 Å². The number of benzene rings is 2. The summed E-state index contributed by atoms with van der Waals surface area (Å²) in [5.41, 5.74) is 9.88. The molecule has 3 N–H and O–H groups in total. The lowest BCUT2D eigenvalue weighted by molar-refractivity contribution is 0.321. The molecule has 3 nitrogen and oxygen atoms in total. The Labute approximate surface area is 133 Å². The zero-order valence-corrected chi connectivity index (χ0v) is 13.5. The highest BCUT2D eigenvalue weighted by molar-refractivity contribution is 6.01. The third kappa shape index (κ3) is 4.18. The lowest BCUT2D eigenvalue weighted by Crippen LogP contribution is -2.18. The van der Waals surface area contributed by atoms with Gasteiger partial charge in [0.15, 0.2) is 0 Å². The van der Waals surface area contributed by atoms with Gasteiger partial charge in [0.05, 0.1) is 0 Å². The Kier molecular flexibility index (Phi) is 5.73. The number of unbranched alkanes of at least 4 members (excludes halogenated alkanes) is 1. The molecule has 116 valence electrons. The molecule has 2 aromatic carbocycles. The minimum absolute atomic E-state index is 0.110. The van der Waals surface area contributed by atoms with E-state index in [2.05, 4.69) is 43.1 Å². The maximum atomic E-state index is 7.70. The van der Waals surface area contributed by atoms with E-state index in [1.54, 1.807) is 0 Å². The molecule has 0 amide bonds. The summed E-state index contributed by atoms with van der Waals surface area (Å²) in [4.78, 5) is 2.35. The number of hydrogen-bond donors (Lipinski definition) is 2. The fraction of sp³-hybridized carbons (Fsp3) is 0.316. The van der Waals surface area contributed by atoms with Crippen LogP contribution in [0.3, 0.4) is 0 Å². The van der Waals surface area contributed by atoms with Crippen LogP contribution in [0.15, 0.2) is 48.5 Å². The van der Waals surface area contributed by atoms with Crippen molar-refractivity contribution in [3.05, 3.63) is 59.7 Å². The summed E-state index contributed by atoms with van der Waals surface area (Å²) in [6, 6.07) is 16.4. The molecule has 0 heterocycles. The quantitative estimate of drug-likeness (QED) is 0.602. The molecule has 0 saturated carbocycles. The maximum absolute atomic E-state index is 7.70. The predicted molar refractivity (Wildman–Crippen MR) is 94.1 cm³/mol. The topological polar surface area (TPSA) is 53.1 Å². The highest BCUT2D eigenvalue weighted by atomic mass is 15.1. The van der Waals surface area contributed by atoms with E-state index in [-0.39, 0.29) is 5.84 Å². The van der Waals surface area contributed by atoms with E-state index in [9.17, 15) is 0 Å². The van der Waals surface area contributed by atoms with Gasteiger partial charge in [0, 0.05) is 12.1 Å². The molecular weight excluding hydrogens is 270 g/mol. The standard InChI is InChI=1S/C19H25N3/c1-3-4-13-22(2)14-15-9-11-16(12-10-15)17-7-5-6-8-18(17)19(20)21/h5-12H,3-4,13-14H2,1-2H3,(H3,20,21). The number of amidine groups is 1. The van der Waals surface area contributed by atoms with Crippen molar-refractivity contribution in [2.24, 2.45) is 5.73 Å². The third-order valence-corrected chi connectivity index (χ3v) is 3.83. The third-order valence-electron chi connectivity index (χ3n) is 3.83. The second kappa shape index (κ2) is 7.76. The summed E-state index contributed by atoms with van der Waals surface area (Å²) in [6.07, 6.45) is 2.46. The van der Waals surface area contributed by atoms with Gasteiger partial charge in [-0.25, -0.2) is 0 Å². The Hall–Kier alpha value is -2.13. The van der Waals surface area contributed by atoms with E-state index in [4.69, 9.17) is 11.1 Å². The zero-order valence-electron chi connectivity index (χ0n) is 13.5. The molecular formula is C19H25N3. The second-order valence-electron chi connectivity index (χ2n) is 5.75. The number of rotatable bonds is 7. The van der Waals surface area contributed by atoms with E-state index in [1.165, 1.54) is 18.4 Å². The number of nitrogens with one attached hydrogen (secondary N) is 1. The summed E-state index contributed by atoms with van der Waals surface area (Å²) in [7, 11) is 2.16. The molecule has 0 spiro atoms. The monoisotopic (exact) mass is 295 g/mol. The molecule has 0 saturated heterocycles. The van der Waals surface area contributed by atoms with Gasteiger partial charge < -0.3 is 10.6 Å². The van der Waals surface area contributed by atoms with Crippen molar-refractivity contribution in [2.45, 2.75) is 26.3 Å². The molecule has 0 aromatic heterocycles. The van der Waals surface area contributed by atoms with Crippen molar-refractivity contribution in [2.75, 3.05) is 13.6 Å². The van der Waals surface area contributed by atoms with Crippen LogP contribution in [0.25, 0.3) is 11.1 Å². The van der Waals surface area contributed by atoms with E-state index in [0.717, 1.165) is 29.8 Å². The molecule has 0 aliphatic carbocycles. The normalized spacial score (nSPS) is 10.9. The van der Waals surface area contributed by atoms with Gasteiger partial charge in [-0.2, -0.15) is 0 Å². The number of nitrogens with zero attached hydrogens (tertiary/aromatic N) is 1. The first-order chi connectivity index (χ1) is 10.6. The van der Waals surface area contributed by atoms with Crippen LogP contribution in [0.4, 0.5) is 0 Å². The smallest absolute Gasteiger partial charge is 0.123 e. The van der Waals surface area contributed by atoms with Crippen molar-refractivity contribution >= 4 is 5.84 Å². The van der Waals surface area contributed by atoms with Crippen molar-refractivity contribution in [1.82, 2.24) is 4.90 Å². The van der Waals surface area contributed by atoms with Crippen molar-refractivity contribution in [1.29, 1.82) is 5.41 Å². The Morgan fingerprint density at radius 2 is 1.77 bits per heavy atom. The van der Waals surface area contributed by atoms with Gasteiger partial charge in [-0.1, -0.05) is 61.9 Å². The number of nitrogens with two attached hydrogens (primary N) is 1. The van der Waals surface area contributed by atoms with E-state index >= 15 is 0 Å². The second-order valence-corrected chi connectivity index (χ2v) is 5.75. The van der Waals surface area contributed by atoms with Crippen LogP contribution in [-0.4, -0.2) is 24.3 Å². The van der Waals surface area contributed by atoms with Gasteiger partial charge >= 0.3 is 0 Å². The summed E-state index contributed by atoms with van der Waals surface area (Å²) in [6.45, 7) is 4.31. The molecule has 0 aliphatic heterocycles. The lowest BCUT2D eigenvalue weighted by Gasteiger charge is -2.16. The first-order valence-electron chi connectivity index (χ1n) is 7.83. The summed E-state index contributed by atoms with van der Waals surface area (Å²) in [5.74, 6) is 0.110. The molecule has 0 radical (unpaired) electrons. The summed E-state index contributed by atoms with van der Waals surface area (Å²) in [5, 5.41) is 7.70. The lowest BCUT2D eigenvalue weighted by atomic mass is 9.98. The van der Waals surface area contributed by atoms with Crippen LogP contribution in [0.1, 0.15) is 30.9 Å². The largest absolute Gasteiger partial charge is 0.384 e. The minimum Gasteiger partial charge on any atom is -0.384 e. The maximum Gasteiger partial charge on any atom is 0.123 e. The minimum atomic E-state index is 0.110. The first-order valence-corrected chi connectivity index (χ1v) is 7.83. The summed E-state index contributed by atoms with van der Waals surface area (Å²) < 4.78 is 0.